The Morgan fingerprint density at radius 3 is 2.64 bits per heavy atom. The molecule has 0 unspecified atom stereocenters. The minimum Gasteiger partial charge on any atom is -0.372 e. The van der Waals surface area contributed by atoms with E-state index < -0.39 is 0 Å². The van der Waals surface area contributed by atoms with Crippen LogP contribution in [0.25, 0.3) is 0 Å². The zero-order chi connectivity index (χ0) is 15.2. The first-order chi connectivity index (χ1) is 10.8. The monoisotopic (exact) mass is 295 g/mol. The van der Waals surface area contributed by atoms with Crippen molar-refractivity contribution in [2.45, 2.75) is 12.8 Å². The van der Waals surface area contributed by atoms with E-state index in [4.69, 9.17) is 0 Å². The van der Waals surface area contributed by atoms with E-state index in [-0.39, 0.29) is 0 Å². The van der Waals surface area contributed by atoms with Crippen molar-refractivity contribution in [1.82, 2.24) is 9.97 Å². The Morgan fingerprint density at radius 1 is 1.14 bits per heavy atom. The van der Waals surface area contributed by atoms with Crippen molar-refractivity contribution in [1.29, 1.82) is 0 Å². The molecule has 0 amide bonds. The second-order valence-corrected chi connectivity index (χ2v) is 5.30. The van der Waals surface area contributed by atoms with Crippen LogP contribution < -0.4 is 15.5 Å². The number of hydrogen-bond acceptors (Lipinski definition) is 5. The Hall–Kier alpha value is -2.56. The molecule has 0 atom stereocenters. The van der Waals surface area contributed by atoms with E-state index >= 15 is 0 Å². The molecule has 0 saturated carbocycles. The maximum atomic E-state index is 4.41. The molecule has 0 aliphatic carbocycles. The van der Waals surface area contributed by atoms with Crippen molar-refractivity contribution in [3.8, 4) is 0 Å². The predicted octanol–water partition coefficient (Wildman–Crippen LogP) is 3.42. The predicted molar refractivity (Wildman–Crippen MR) is 91.9 cm³/mol. The molecule has 0 radical (unpaired) electrons. The minimum absolute atomic E-state index is 0.596. The van der Waals surface area contributed by atoms with Gasteiger partial charge >= 0.3 is 0 Å². The molecule has 1 aliphatic heterocycles. The summed E-state index contributed by atoms with van der Waals surface area (Å²) in [6.45, 7) is 6.64. The van der Waals surface area contributed by atoms with Gasteiger partial charge in [0.2, 0.25) is 5.95 Å². The van der Waals surface area contributed by atoms with Crippen LogP contribution in [0, 0.1) is 0 Å². The summed E-state index contributed by atoms with van der Waals surface area (Å²) in [5.41, 5.74) is 2.32. The van der Waals surface area contributed by atoms with Crippen molar-refractivity contribution in [3.63, 3.8) is 0 Å². The Balaban J connectivity index is 1.66. The van der Waals surface area contributed by atoms with Crippen LogP contribution in [-0.2, 0) is 0 Å². The van der Waals surface area contributed by atoms with E-state index in [9.17, 15) is 0 Å². The van der Waals surface area contributed by atoms with E-state index in [1.807, 2.05) is 6.07 Å². The maximum absolute atomic E-state index is 4.41. The SMILES string of the molecule is C=CCNc1nccc(Nc2ccc(N3CCCC3)cc2)n1. The van der Waals surface area contributed by atoms with Crippen LogP contribution in [0.3, 0.4) is 0 Å². The maximum Gasteiger partial charge on any atom is 0.224 e. The number of hydrogen-bond donors (Lipinski definition) is 2. The third-order valence-electron chi connectivity index (χ3n) is 3.67. The molecule has 2 heterocycles. The standard InChI is InChI=1S/C17H21N5/c1-2-10-18-17-19-11-9-16(21-17)20-14-5-7-15(8-6-14)22-12-3-4-13-22/h2,5-9,11H,1,3-4,10,12-13H2,(H2,18,19,20,21). The second kappa shape index (κ2) is 6.93. The van der Waals surface area contributed by atoms with E-state index in [1.165, 1.54) is 18.5 Å². The van der Waals surface area contributed by atoms with Gasteiger partial charge in [-0.2, -0.15) is 4.98 Å². The fourth-order valence-corrected chi connectivity index (χ4v) is 2.56. The van der Waals surface area contributed by atoms with Gasteiger partial charge in [0.25, 0.3) is 0 Å². The molecule has 2 aromatic rings. The first-order valence-corrected chi connectivity index (χ1v) is 7.65. The fourth-order valence-electron chi connectivity index (χ4n) is 2.56. The number of nitrogens with zero attached hydrogens (tertiary/aromatic N) is 3. The minimum atomic E-state index is 0.596. The van der Waals surface area contributed by atoms with Crippen molar-refractivity contribution in [2.24, 2.45) is 0 Å². The third-order valence-corrected chi connectivity index (χ3v) is 3.67. The summed E-state index contributed by atoms with van der Waals surface area (Å²) < 4.78 is 0. The van der Waals surface area contributed by atoms with Gasteiger partial charge in [-0.3, -0.25) is 0 Å². The van der Waals surface area contributed by atoms with E-state index in [0.29, 0.717) is 12.5 Å². The Labute approximate surface area is 131 Å². The first-order valence-electron chi connectivity index (χ1n) is 7.65. The van der Waals surface area contributed by atoms with Crippen molar-refractivity contribution >= 4 is 23.1 Å². The number of aromatic nitrogens is 2. The van der Waals surface area contributed by atoms with Crippen molar-refractivity contribution in [3.05, 3.63) is 49.2 Å². The van der Waals surface area contributed by atoms with Gasteiger partial charge in [-0.05, 0) is 43.2 Å². The normalized spacial score (nSPS) is 13.9. The Kier molecular flexibility index (Phi) is 4.53. The molecule has 5 heteroatoms. The van der Waals surface area contributed by atoms with Crippen LogP contribution >= 0.6 is 0 Å². The highest BCUT2D eigenvalue weighted by molar-refractivity contribution is 5.61. The first kappa shape index (κ1) is 14.4. The summed E-state index contributed by atoms with van der Waals surface area (Å²) in [6, 6.07) is 10.4. The molecule has 5 nitrogen and oxygen atoms in total. The van der Waals surface area contributed by atoms with Crippen molar-refractivity contribution < 1.29 is 0 Å². The molecule has 1 saturated heterocycles. The molecular weight excluding hydrogens is 274 g/mol. The van der Waals surface area contributed by atoms with E-state index in [1.54, 1.807) is 12.3 Å². The highest BCUT2D eigenvalue weighted by Gasteiger charge is 2.11. The van der Waals surface area contributed by atoms with Gasteiger partial charge in [0.05, 0.1) is 0 Å². The average Bonchev–Trinajstić information content (AvgIpc) is 3.08. The molecule has 2 N–H and O–H groups in total. The number of nitrogens with one attached hydrogen (secondary N) is 2. The van der Waals surface area contributed by atoms with E-state index in [0.717, 1.165) is 24.6 Å². The van der Waals surface area contributed by atoms with E-state index in [2.05, 4.69) is 56.3 Å². The molecule has 0 bridgehead atoms. The van der Waals surface area contributed by atoms with Crippen LogP contribution in [0.4, 0.5) is 23.1 Å². The molecule has 114 valence electrons. The molecule has 1 aromatic carbocycles. The second-order valence-electron chi connectivity index (χ2n) is 5.30. The summed E-state index contributed by atoms with van der Waals surface area (Å²) >= 11 is 0. The Bertz CT molecular complexity index is 617. The summed E-state index contributed by atoms with van der Waals surface area (Å²) in [4.78, 5) is 11.0. The molecule has 1 aromatic heterocycles. The fraction of sp³-hybridized carbons (Fsp3) is 0.294. The third kappa shape index (κ3) is 3.55. The number of rotatable bonds is 6. The summed E-state index contributed by atoms with van der Waals surface area (Å²) in [6.07, 6.45) is 6.10. The summed E-state index contributed by atoms with van der Waals surface area (Å²) in [7, 11) is 0. The largest absolute Gasteiger partial charge is 0.372 e. The smallest absolute Gasteiger partial charge is 0.224 e. The number of anilines is 4. The van der Waals surface area contributed by atoms with Gasteiger partial charge in [-0.15, -0.1) is 6.58 Å². The quantitative estimate of drug-likeness (QED) is 0.800. The lowest BCUT2D eigenvalue weighted by Gasteiger charge is -2.17. The molecular formula is C17H21N5. The lowest BCUT2D eigenvalue weighted by molar-refractivity contribution is 0.949. The molecule has 1 aliphatic rings. The van der Waals surface area contributed by atoms with Gasteiger partial charge in [-0.1, -0.05) is 6.08 Å². The lowest BCUT2D eigenvalue weighted by Crippen LogP contribution is -2.17. The van der Waals surface area contributed by atoms with Gasteiger partial charge in [-0.25, -0.2) is 4.98 Å². The molecule has 3 rings (SSSR count). The van der Waals surface area contributed by atoms with Gasteiger partial charge in [0.15, 0.2) is 0 Å². The topological polar surface area (TPSA) is 53.1 Å². The molecule has 0 spiro atoms. The highest BCUT2D eigenvalue weighted by atomic mass is 15.1. The zero-order valence-electron chi connectivity index (χ0n) is 12.6. The van der Waals surface area contributed by atoms with Gasteiger partial charge in [0, 0.05) is 37.2 Å². The van der Waals surface area contributed by atoms with Crippen LogP contribution in [-0.4, -0.2) is 29.6 Å². The lowest BCUT2D eigenvalue weighted by atomic mass is 10.2. The van der Waals surface area contributed by atoms with Gasteiger partial charge in [0.1, 0.15) is 5.82 Å². The molecule has 22 heavy (non-hydrogen) atoms. The zero-order valence-corrected chi connectivity index (χ0v) is 12.6. The van der Waals surface area contributed by atoms with Crippen LogP contribution in [0.2, 0.25) is 0 Å². The average molecular weight is 295 g/mol. The number of benzene rings is 1. The Morgan fingerprint density at radius 2 is 1.91 bits per heavy atom. The molecule has 1 fully saturated rings. The highest BCUT2D eigenvalue weighted by Crippen LogP contribution is 2.23. The van der Waals surface area contributed by atoms with Gasteiger partial charge < -0.3 is 15.5 Å². The van der Waals surface area contributed by atoms with Crippen LogP contribution in [0.1, 0.15) is 12.8 Å². The summed E-state index contributed by atoms with van der Waals surface area (Å²) in [5, 5.41) is 6.38. The van der Waals surface area contributed by atoms with Crippen LogP contribution in [0.5, 0.6) is 0 Å². The van der Waals surface area contributed by atoms with Crippen LogP contribution in [0.15, 0.2) is 49.2 Å². The van der Waals surface area contributed by atoms with Crippen molar-refractivity contribution in [2.75, 3.05) is 35.2 Å². The summed E-state index contributed by atoms with van der Waals surface area (Å²) in [5.74, 6) is 1.37.